The van der Waals surface area contributed by atoms with Gasteiger partial charge in [-0.3, -0.25) is 24.3 Å². The Hall–Kier alpha value is -6.73. The fraction of sp³-hybridized carbons (Fsp3) is 0.552. The van der Waals surface area contributed by atoms with E-state index in [0.29, 0.717) is 107 Å². The summed E-state index contributed by atoms with van der Waals surface area (Å²) in [5, 5.41) is 15.5. The summed E-state index contributed by atoms with van der Waals surface area (Å²) in [7, 11) is 0. The first-order chi connectivity index (χ1) is 37.2. The van der Waals surface area contributed by atoms with Crippen LogP contribution in [0, 0.1) is 17.2 Å². The SMILES string of the molecule is CC(C)n1cnc2cc(-c3ccc4c(c3)N([C@H]3C[C@@H](N5CCCCC5)C3)C(=O)C43CCN(C(=O)C4(C)CCN(C(=O)[C@H]5CC[C@H](Oc6ccc(N7CCC(O)NC7=O)cn6)CC5)CC4)CC3)nc(Nc3ccncc3F)c21. The molecule has 12 rings (SSSR count). The Labute approximate surface area is 448 Å². The molecule has 1 spiro atoms. The number of aromatic nitrogens is 5. The average molecular weight is 1050 g/mol. The van der Waals surface area contributed by atoms with Crippen LogP contribution in [0.15, 0.2) is 67.4 Å². The van der Waals surface area contributed by atoms with Crippen molar-refractivity contribution < 1.29 is 33.4 Å². The van der Waals surface area contributed by atoms with E-state index in [1.54, 1.807) is 41.8 Å². The molecule has 77 heavy (non-hydrogen) atoms. The van der Waals surface area contributed by atoms with E-state index < -0.39 is 22.9 Å². The number of pyridine rings is 3. The first kappa shape index (κ1) is 51.1. The highest BCUT2D eigenvalue weighted by Gasteiger charge is 2.56. The zero-order valence-corrected chi connectivity index (χ0v) is 44.5. The molecule has 5 amide bonds. The van der Waals surface area contributed by atoms with E-state index in [1.165, 1.54) is 25.5 Å². The predicted molar refractivity (Wildman–Crippen MR) is 289 cm³/mol. The molecule has 6 fully saturated rings. The number of ether oxygens (including phenoxy) is 1. The molecule has 2 saturated carbocycles. The smallest absolute Gasteiger partial charge is 0.323 e. The summed E-state index contributed by atoms with van der Waals surface area (Å²) in [5.74, 6) is 0.753. The van der Waals surface area contributed by atoms with Crippen LogP contribution in [0.4, 0.5) is 32.1 Å². The van der Waals surface area contributed by atoms with E-state index >= 15 is 9.18 Å². The molecular weight excluding hydrogens is 980 g/mol. The van der Waals surface area contributed by atoms with Crippen LogP contribution < -0.4 is 25.2 Å². The Morgan fingerprint density at radius 1 is 0.844 bits per heavy atom. The lowest BCUT2D eigenvalue weighted by Gasteiger charge is -2.48. The van der Waals surface area contributed by atoms with Gasteiger partial charge in [0.15, 0.2) is 11.6 Å². The van der Waals surface area contributed by atoms with Crippen molar-refractivity contribution in [2.75, 3.05) is 60.9 Å². The number of carbonyl (C=O) groups excluding carboxylic acids is 4. The van der Waals surface area contributed by atoms with Gasteiger partial charge in [0.05, 0.1) is 46.7 Å². The van der Waals surface area contributed by atoms with Crippen molar-refractivity contribution in [1.82, 2.24) is 44.5 Å². The van der Waals surface area contributed by atoms with Crippen LogP contribution in [0.2, 0.25) is 0 Å². The van der Waals surface area contributed by atoms with E-state index in [-0.39, 0.29) is 53.5 Å². The Morgan fingerprint density at radius 3 is 2.30 bits per heavy atom. The standard InChI is InChI=1S/C58H71FN12O6/c1-36(2)70-35-62-47-32-46(64-52(51(47)70)63-45-15-21-60-34-44(45)59)38-9-13-43-48(29-38)71(41-30-40(31-41)66-22-5-4-6-23-66)55(75)58(43)19-27-68(28-20-58)54(74)57(3)17-25-67(26-18-57)53(73)37-7-11-42(12-8-37)77-50-14-10-39(33-61-50)69-24-16-49(72)65-56(69)76/h9-10,13-15,21,29,32-37,40-42,49,72H,4-8,11-12,16-20,22-28,30-31H2,1-3H3,(H,65,76)(H,60,63,64)/t37-,40-,41+,42-,49?. The van der Waals surface area contributed by atoms with Gasteiger partial charge in [-0.25, -0.2) is 24.1 Å². The molecule has 5 aromatic rings. The predicted octanol–water partition coefficient (Wildman–Crippen LogP) is 8.08. The molecule has 0 radical (unpaired) electrons. The minimum atomic E-state index is -0.842. The van der Waals surface area contributed by atoms with Crippen LogP contribution >= 0.6 is 0 Å². The van der Waals surface area contributed by atoms with Gasteiger partial charge in [-0.2, -0.15) is 0 Å². The number of halogens is 1. The number of anilines is 4. The molecule has 2 aliphatic carbocycles. The number of nitrogens with one attached hydrogen (secondary N) is 2. The molecule has 9 heterocycles. The number of carbonyl (C=O) groups is 4. The second-order valence-corrected chi connectivity index (χ2v) is 23.3. The highest BCUT2D eigenvalue weighted by Crippen LogP contribution is 2.53. The van der Waals surface area contributed by atoms with Gasteiger partial charge in [0.25, 0.3) is 0 Å². The Balaban J connectivity index is 0.708. The molecule has 4 aromatic heterocycles. The number of hydrogen-bond donors (Lipinski definition) is 3. The minimum absolute atomic E-state index is 0.0658. The summed E-state index contributed by atoms with van der Waals surface area (Å²) < 4.78 is 23.3. The summed E-state index contributed by atoms with van der Waals surface area (Å²) in [5.41, 5.74) is 4.42. The Morgan fingerprint density at radius 2 is 1.60 bits per heavy atom. The maximum absolute atomic E-state index is 15.3. The van der Waals surface area contributed by atoms with Crippen molar-refractivity contribution in [3.8, 4) is 17.1 Å². The molecule has 18 nitrogen and oxygen atoms in total. The Kier molecular flexibility index (Phi) is 13.6. The van der Waals surface area contributed by atoms with Crippen LogP contribution in [-0.4, -0.2) is 138 Å². The van der Waals surface area contributed by atoms with Crippen LogP contribution in [-0.2, 0) is 19.8 Å². The van der Waals surface area contributed by atoms with E-state index in [9.17, 15) is 19.5 Å². The van der Waals surface area contributed by atoms with E-state index in [0.717, 1.165) is 66.6 Å². The summed E-state index contributed by atoms with van der Waals surface area (Å²) in [6.07, 6.45) is 16.3. The molecular formula is C58H71FN12O6. The highest BCUT2D eigenvalue weighted by molar-refractivity contribution is 6.09. The van der Waals surface area contributed by atoms with Crippen LogP contribution in [0.3, 0.4) is 0 Å². The lowest BCUT2D eigenvalue weighted by molar-refractivity contribution is -0.150. The topological polar surface area (TPSA) is 194 Å². The van der Waals surface area contributed by atoms with E-state index in [2.05, 4.69) is 69.4 Å². The van der Waals surface area contributed by atoms with Crippen molar-refractivity contribution >= 4 is 57.7 Å². The van der Waals surface area contributed by atoms with Gasteiger partial charge in [0.2, 0.25) is 23.6 Å². The van der Waals surface area contributed by atoms with Crippen molar-refractivity contribution in [1.29, 1.82) is 0 Å². The fourth-order valence-corrected chi connectivity index (χ4v) is 13.5. The average Bonchev–Trinajstić information content (AvgIpc) is 4.22. The molecule has 5 aliphatic heterocycles. The van der Waals surface area contributed by atoms with Gasteiger partial charge in [-0.15, -0.1) is 0 Å². The summed E-state index contributed by atoms with van der Waals surface area (Å²) >= 11 is 0. The first-order valence-corrected chi connectivity index (χ1v) is 28.2. The van der Waals surface area contributed by atoms with Crippen LogP contribution in [0.25, 0.3) is 22.3 Å². The number of hydrogen-bond acceptors (Lipinski definition) is 12. The summed E-state index contributed by atoms with van der Waals surface area (Å²) in [4.78, 5) is 84.8. The Bertz CT molecular complexity index is 3040. The zero-order chi connectivity index (χ0) is 53.2. The van der Waals surface area contributed by atoms with Crippen molar-refractivity contribution in [3.05, 3.63) is 78.8 Å². The fourth-order valence-electron chi connectivity index (χ4n) is 13.5. The molecule has 4 saturated heterocycles. The second-order valence-electron chi connectivity index (χ2n) is 23.3. The number of likely N-dealkylation sites (tertiary alicyclic amines) is 3. The van der Waals surface area contributed by atoms with Gasteiger partial charge in [-0.1, -0.05) is 25.5 Å². The number of nitrogens with zero attached hydrogens (tertiary/aromatic N) is 10. The number of amides is 5. The number of urea groups is 1. The van der Waals surface area contributed by atoms with E-state index in [4.69, 9.17) is 14.7 Å². The van der Waals surface area contributed by atoms with E-state index in [1.807, 2.05) is 20.4 Å². The maximum Gasteiger partial charge on any atom is 0.323 e. The zero-order valence-electron chi connectivity index (χ0n) is 44.5. The lowest BCUT2D eigenvalue weighted by Crippen LogP contribution is -2.59. The number of fused-ring (bicyclic) bond motifs is 3. The van der Waals surface area contributed by atoms with Gasteiger partial charge < -0.3 is 44.6 Å². The number of aliphatic hydroxyl groups excluding tert-OH is 1. The second kappa shape index (κ2) is 20.6. The largest absolute Gasteiger partial charge is 0.474 e. The third-order valence-electron chi connectivity index (χ3n) is 18.3. The normalized spacial score (nSPS) is 25.5. The molecule has 1 unspecified atom stereocenters. The van der Waals surface area contributed by atoms with Gasteiger partial charge in [0, 0.05) is 92.1 Å². The van der Waals surface area contributed by atoms with Crippen LogP contribution in [0.1, 0.15) is 122 Å². The number of benzene rings is 1. The third kappa shape index (κ3) is 9.54. The van der Waals surface area contributed by atoms with Gasteiger partial charge >= 0.3 is 6.03 Å². The summed E-state index contributed by atoms with van der Waals surface area (Å²) in [6.45, 7) is 10.8. The lowest BCUT2D eigenvalue weighted by atomic mass is 9.72. The molecule has 3 N–H and O–H groups in total. The summed E-state index contributed by atoms with van der Waals surface area (Å²) in [6, 6.07) is 13.6. The molecule has 7 aliphatic rings. The van der Waals surface area contributed by atoms with Gasteiger partial charge in [-0.05, 0) is 134 Å². The molecule has 1 aromatic carbocycles. The quantitative estimate of drug-likeness (QED) is 0.115. The van der Waals surface area contributed by atoms with Crippen molar-refractivity contribution in [2.24, 2.45) is 11.3 Å². The number of imidazole rings is 1. The minimum Gasteiger partial charge on any atom is -0.474 e. The van der Waals surface area contributed by atoms with Crippen molar-refractivity contribution in [2.45, 2.75) is 147 Å². The maximum atomic E-state index is 15.3. The first-order valence-electron chi connectivity index (χ1n) is 28.2. The monoisotopic (exact) mass is 1050 g/mol. The molecule has 0 bridgehead atoms. The molecule has 406 valence electrons. The number of piperidine rings is 3. The van der Waals surface area contributed by atoms with Crippen LogP contribution in [0.5, 0.6) is 5.88 Å². The number of rotatable bonds is 11. The molecule has 1 atom stereocenters. The third-order valence-corrected chi connectivity index (χ3v) is 18.3. The van der Waals surface area contributed by atoms with Crippen molar-refractivity contribution in [3.63, 3.8) is 0 Å². The van der Waals surface area contributed by atoms with Gasteiger partial charge in [0.1, 0.15) is 17.8 Å². The number of aliphatic hydroxyl groups is 1. The molecule has 19 heteroatoms. The highest BCUT2D eigenvalue weighted by atomic mass is 19.1.